The number of benzene rings is 1. The summed E-state index contributed by atoms with van der Waals surface area (Å²) in [5.41, 5.74) is 0.514. The minimum atomic E-state index is -0.716. The lowest BCUT2D eigenvalue weighted by Gasteiger charge is -2.30. The fraction of sp³-hybridized carbons (Fsp3) is 0.600. The zero-order valence-electron chi connectivity index (χ0n) is 16.3. The van der Waals surface area contributed by atoms with Gasteiger partial charge in [0.1, 0.15) is 5.69 Å². The number of nitro groups is 1. The number of carbonyl (C=O) groups excluding carboxylic acids is 2. The average molecular weight is 389 g/mol. The highest BCUT2D eigenvalue weighted by atomic mass is 16.6. The average Bonchev–Trinajstić information content (AvgIpc) is 2.72. The number of hydrogen-bond donors (Lipinski definition) is 0. The van der Waals surface area contributed by atoms with Crippen LogP contribution in [-0.2, 0) is 9.53 Å². The monoisotopic (exact) mass is 389 g/mol. The molecule has 1 aromatic carbocycles. The van der Waals surface area contributed by atoms with Gasteiger partial charge in [-0.1, -0.05) is 6.92 Å². The van der Waals surface area contributed by atoms with Crippen molar-refractivity contribution in [1.29, 1.82) is 0 Å². The molecule has 0 aromatic heterocycles. The van der Waals surface area contributed by atoms with Crippen molar-refractivity contribution in [3.05, 3.63) is 33.9 Å². The number of anilines is 1. The van der Waals surface area contributed by atoms with Gasteiger partial charge >= 0.3 is 5.97 Å². The highest BCUT2D eigenvalue weighted by molar-refractivity contribution is 5.93. The molecular weight excluding hydrogens is 362 g/mol. The van der Waals surface area contributed by atoms with E-state index in [9.17, 15) is 19.7 Å². The number of likely N-dealkylation sites (tertiary alicyclic amines) is 1. The maximum atomic E-state index is 12.3. The van der Waals surface area contributed by atoms with E-state index in [2.05, 4.69) is 6.92 Å². The molecule has 0 atom stereocenters. The lowest BCUT2D eigenvalue weighted by Crippen LogP contribution is -2.40. The van der Waals surface area contributed by atoms with Gasteiger partial charge < -0.3 is 14.5 Å². The number of piperidine rings is 2. The Morgan fingerprint density at radius 3 is 2.46 bits per heavy atom. The number of hydrogen-bond acceptors (Lipinski definition) is 6. The van der Waals surface area contributed by atoms with Crippen molar-refractivity contribution in [2.45, 2.75) is 39.0 Å². The molecule has 1 aromatic rings. The Morgan fingerprint density at radius 2 is 1.82 bits per heavy atom. The van der Waals surface area contributed by atoms with Crippen LogP contribution >= 0.6 is 0 Å². The molecule has 152 valence electrons. The Hall–Kier alpha value is -2.64. The maximum Gasteiger partial charge on any atom is 0.338 e. The van der Waals surface area contributed by atoms with E-state index in [1.807, 2.05) is 4.90 Å². The third-order valence-electron chi connectivity index (χ3n) is 5.57. The van der Waals surface area contributed by atoms with Crippen LogP contribution in [0.5, 0.6) is 0 Å². The molecule has 2 aliphatic heterocycles. The molecule has 0 spiro atoms. The van der Waals surface area contributed by atoms with Gasteiger partial charge in [0.25, 0.3) is 11.6 Å². The van der Waals surface area contributed by atoms with Crippen molar-refractivity contribution in [1.82, 2.24) is 4.90 Å². The predicted molar refractivity (Wildman–Crippen MR) is 104 cm³/mol. The second kappa shape index (κ2) is 9.03. The van der Waals surface area contributed by atoms with Crippen LogP contribution < -0.4 is 4.90 Å². The van der Waals surface area contributed by atoms with Crippen molar-refractivity contribution in [3.8, 4) is 0 Å². The van der Waals surface area contributed by atoms with Gasteiger partial charge in [-0.3, -0.25) is 14.9 Å². The molecule has 2 saturated heterocycles. The number of carbonyl (C=O) groups is 2. The van der Waals surface area contributed by atoms with Gasteiger partial charge in [0.05, 0.1) is 10.5 Å². The number of rotatable bonds is 5. The molecule has 28 heavy (non-hydrogen) atoms. The summed E-state index contributed by atoms with van der Waals surface area (Å²) in [6, 6.07) is 4.39. The molecule has 3 rings (SSSR count). The van der Waals surface area contributed by atoms with Gasteiger partial charge in [-0.15, -0.1) is 0 Å². The zero-order chi connectivity index (χ0) is 20.1. The minimum Gasteiger partial charge on any atom is -0.452 e. The largest absolute Gasteiger partial charge is 0.452 e. The van der Waals surface area contributed by atoms with Crippen LogP contribution in [0, 0.1) is 16.0 Å². The third kappa shape index (κ3) is 4.79. The molecular formula is C20H27N3O5. The summed E-state index contributed by atoms with van der Waals surface area (Å²) < 4.78 is 5.12. The summed E-state index contributed by atoms with van der Waals surface area (Å²) in [5.74, 6) is -0.336. The van der Waals surface area contributed by atoms with Crippen LogP contribution in [0.1, 0.15) is 49.4 Å². The smallest absolute Gasteiger partial charge is 0.338 e. The van der Waals surface area contributed by atoms with Crippen LogP contribution in [0.2, 0.25) is 0 Å². The molecule has 0 bridgehead atoms. The van der Waals surface area contributed by atoms with Crippen molar-refractivity contribution in [2.75, 3.05) is 37.7 Å². The Balaban J connectivity index is 1.63. The predicted octanol–water partition coefficient (Wildman–Crippen LogP) is 3.00. The Labute approximate surface area is 164 Å². The fourth-order valence-electron chi connectivity index (χ4n) is 3.76. The van der Waals surface area contributed by atoms with Gasteiger partial charge in [0, 0.05) is 32.2 Å². The first-order valence-electron chi connectivity index (χ1n) is 9.94. The van der Waals surface area contributed by atoms with Gasteiger partial charge in [-0.2, -0.15) is 0 Å². The molecule has 2 fully saturated rings. The molecule has 8 nitrogen and oxygen atoms in total. The van der Waals surface area contributed by atoms with Crippen molar-refractivity contribution in [3.63, 3.8) is 0 Å². The molecule has 0 saturated carbocycles. The van der Waals surface area contributed by atoms with E-state index >= 15 is 0 Å². The summed E-state index contributed by atoms with van der Waals surface area (Å²) in [6.07, 6.45) is 5.02. The first-order chi connectivity index (χ1) is 13.5. The molecule has 2 aliphatic rings. The van der Waals surface area contributed by atoms with E-state index in [1.165, 1.54) is 12.1 Å². The second-order valence-electron chi connectivity index (χ2n) is 7.65. The Kier molecular flexibility index (Phi) is 6.49. The standard InChI is InChI=1S/C20H27N3O5/c1-15-7-11-22(12-8-15)19(24)14-28-20(25)16-5-6-17(18(13-16)23(26)27)21-9-3-2-4-10-21/h5-6,13,15H,2-4,7-12,14H2,1H3. The minimum absolute atomic E-state index is 0.0903. The molecule has 2 heterocycles. The molecule has 0 N–H and O–H groups in total. The van der Waals surface area contributed by atoms with E-state index in [0.29, 0.717) is 24.7 Å². The Morgan fingerprint density at radius 1 is 1.14 bits per heavy atom. The lowest BCUT2D eigenvalue weighted by atomic mass is 9.99. The summed E-state index contributed by atoms with van der Waals surface area (Å²) in [5, 5.41) is 11.5. The van der Waals surface area contributed by atoms with E-state index < -0.39 is 10.9 Å². The maximum absolute atomic E-state index is 12.3. The lowest BCUT2D eigenvalue weighted by molar-refractivity contribution is -0.384. The fourth-order valence-corrected chi connectivity index (χ4v) is 3.76. The zero-order valence-corrected chi connectivity index (χ0v) is 16.3. The summed E-state index contributed by atoms with van der Waals surface area (Å²) in [7, 11) is 0. The summed E-state index contributed by atoms with van der Waals surface area (Å²) in [6.45, 7) is 4.71. The van der Waals surface area contributed by atoms with E-state index in [4.69, 9.17) is 4.74 Å². The number of esters is 1. The van der Waals surface area contributed by atoms with E-state index in [1.54, 1.807) is 11.0 Å². The summed E-state index contributed by atoms with van der Waals surface area (Å²) >= 11 is 0. The quantitative estimate of drug-likeness (QED) is 0.437. The number of nitro benzene ring substituents is 1. The molecule has 8 heteroatoms. The Bertz CT molecular complexity index is 737. The number of amides is 1. The number of ether oxygens (including phenoxy) is 1. The summed E-state index contributed by atoms with van der Waals surface area (Å²) in [4.78, 5) is 39.2. The SMILES string of the molecule is CC1CCN(C(=O)COC(=O)c2ccc(N3CCCCC3)c([N+](=O)[O-])c2)CC1. The van der Waals surface area contributed by atoms with Gasteiger partial charge in [-0.05, 0) is 50.2 Å². The van der Waals surface area contributed by atoms with Gasteiger partial charge in [0.2, 0.25) is 0 Å². The number of nitrogens with zero attached hydrogens (tertiary/aromatic N) is 3. The van der Waals surface area contributed by atoms with Crippen LogP contribution in [0.25, 0.3) is 0 Å². The molecule has 0 unspecified atom stereocenters. The molecule has 0 radical (unpaired) electrons. The van der Waals surface area contributed by atoms with E-state index in [-0.39, 0.29) is 23.8 Å². The van der Waals surface area contributed by atoms with Crippen LogP contribution in [-0.4, -0.2) is 54.5 Å². The topological polar surface area (TPSA) is 93.0 Å². The van der Waals surface area contributed by atoms with Crippen molar-refractivity contribution in [2.24, 2.45) is 5.92 Å². The van der Waals surface area contributed by atoms with Crippen molar-refractivity contribution >= 4 is 23.3 Å². The first kappa shape index (κ1) is 20.1. The molecule has 1 amide bonds. The van der Waals surface area contributed by atoms with Crippen molar-refractivity contribution < 1.29 is 19.2 Å². The second-order valence-corrected chi connectivity index (χ2v) is 7.65. The van der Waals surface area contributed by atoms with E-state index in [0.717, 1.165) is 45.2 Å². The van der Waals surface area contributed by atoms with Crippen LogP contribution in [0.15, 0.2) is 18.2 Å². The molecule has 0 aliphatic carbocycles. The highest BCUT2D eigenvalue weighted by Gasteiger charge is 2.25. The normalized spacial score (nSPS) is 18.0. The van der Waals surface area contributed by atoms with Crippen LogP contribution in [0.4, 0.5) is 11.4 Å². The van der Waals surface area contributed by atoms with Gasteiger partial charge in [0.15, 0.2) is 6.61 Å². The van der Waals surface area contributed by atoms with Crippen LogP contribution in [0.3, 0.4) is 0 Å². The third-order valence-corrected chi connectivity index (χ3v) is 5.57. The first-order valence-corrected chi connectivity index (χ1v) is 9.94. The van der Waals surface area contributed by atoms with Gasteiger partial charge in [-0.25, -0.2) is 4.79 Å². The highest BCUT2D eigenvalue weighted by Crippen LogP contribution is 2.31.